The molecule has 0 aliphatic carbocycles. The molecule has 0 fully saturated rings. The van der Waals surface area contributed by atoms with Gasteiger partial charge >= 0.3 is 0 Å². The number of methoxy groups -OCH3 is 1. The molecule has 1 N–H and O–H groups in total. The highest BCUT2D eigenvalue weighted by Crippen LogP contribution is 2.37. The predicted octanol–water partition coefficient (Wildman–Crippen LogP) is 3.47. The first-order valence-electron chi connectivity index (χ1n) is 10.2. The molecule has 2 aliphatic rings. The zero-order valence-electron chi connectivity index (χ0n) is 17.0. The van der Waals surface area contributed by atoms with Crippen LogP contribution in [0.5, 0.6) is 5.75 Å². The molecule has 152 valence electrons. The Labute approximate surface area is 176 Å². The Morgan fingerprint density at radius 2 is 1.63 bits per heavy atom. The minimum absolute atomic E-state index is 0.483. The molecule has 5 rings (SSSR count). The van der Waals surface area contributed by atoms with Crippen LogP contribution in [-0.4, -0.2) is 48.9 Å². The van der Waals surface area contributed by atoms with Crippen LogP contribution in [0.2, 0.25) is 0 Å². The molecule has 0 spiro atoms. The Kier molecular flexibility index (Phi) is 4.77. The summed E-state index contributed by atoms with van der Waals surface area (Å²) in [6, 6.07) is 26.3. The fourth-order valence-corrected chi connectivity index (χ4v) is 4.36. The molecule has 3 aromatic rings. The molecule has 0 bridgehead atoms. The van der Waals surface area contributed by atoms with E-state index in [0.29, 0.717) is 19.8 Å². The maximum Gasteiger partial charge on any atom is 0.281 e. The van der Waals surface area contributed by atoms with Crippen molar-refractivity contribution in [1.82, 2.24) is 0 Å². The zero-order valence-corrected chi connectivity index (χ0v) is 17.0. The van der Waals surface area contributed by atoms with Crippen LogP contribution in [0.3, 0.4) is 0 Å². The van der Waals surface area contributed by atoms with Gasteiger partial charge in [0.05, 0.1) is 13.7 Å². The second kappa shape index (κ2) is 7.59. The first-order valence-corrected chi connectivity index (χ1v) is 10.2. The van der Waals surface area contributed by atoms with Crippen LogP contribution in [0.25, 0.3) is 11.1 Å². The van der Waals surface area contributed by atoms with E-state index < -0.39 is 5.72 Å². The van der Waals surface area contributed by atoms with E-state index in [4.69, 9.17) is 9.47 Å². The van der Waals surface area contributed by atoms with Crippen molar-refractivity contribution in [3.8, 4) is 16.9 Å². The number of hydrogen-bond donors (Lipinski definition) is 1. The summed E-state index contributed by atoms with van der Waals surface area (Å²) in [5.74, 6) is 1.77. The molecule has 2 aliphatic heterocycles. The van der Waals surface area contributed by atoms with Crippen LogP contribution < -0.4 is 9.64 Å². The standard InChI is InChI=1S/C25H25N2O3/c1-29-23-13-11-22(12-14-23)27-24-17-30-16-15-26(24)18-25(27,28)21-9-7-20(8-10-21)19-5-3-2-4-6-19/h2-14,28H,15-18H2,1H3/q+1. The number of rotatable bonds is 4. The van der Waals surface area contributed by atoms with Gasteiger partial charge in [-0.1, -0.05) is 54.6 Å². The number of ether oxygens (including phenoxy) is 2. The van der Waals surface area contributed by atoms with E-state index in [-0.39, 0.29) is 0 Å². The molecule has 5 heteroatoms. The summed E-state index contributed by atoms with van der Waals surface area (Å²) in [4.78, 5) is 2.00. The van der Waals surface area contributed by atoms with E-state index in [1.165, 1.54) is 0 Å². The minimum atomic E-state index is -1.17. The van der Waals surface area contributed by atoms with Crippen LogP contribution >= 0.6 is 0 Å². The second-order valence-electron chi connectivity index (χ2n) is 7.68. The van der Waals surface area contributed by atoms with Gasteiger partial charge in [0.15, 0.2) is 6.54 Å². The molecule has 3 aromatic carbocycles. The normalized spacial score (nSPS) is 20.9. The third-order valence-corrected chi connectivity index (χ3v) is 5.93. The molecular weight excluding hydrogens is 376 g/mol. The van der Waals surface area contributed by atoms with Gasteiger partial charge in [0, 0.05) is 5.56 Å². The van der Waals surface area contributed by atoms with Gasteiger partial charge in [0.2, 0.25) is 0 Å². The van der Waals surface area contributed by atoms with Gasteiger partial charge in [0.1, 0.15) is 24.6 Å². The number of aliphatic hydroxyl groups is 1. The average molecular weight is 401 g/mol. The predicted molar refractivity (Wildman–Crippen MR) is 117 cm³/mol. The van der Waals surface area contributed by atoms with Crippen LogP contribution in [0, 0.1) is 0 Å². The van der Waals surface area contributed by atoms with E-state index in [1.54, 1.807) is 7.11 Å². The molecule has 0 radical (unpaired) electrons. The molecule has 1 atom stereocenters. The number of benzene rings is 3. The summed E-state index contributed by atoms with van der Waals surface area (Å²) in [5.41, 5.74) is 2.89. The third-order valence-electron chi connectivity index (χ3n) is 5.93. The van der Waals surface area contributed by atoms with Crippen molar-refractivity contribution >= 4 is 11.5 Å². The lowest BCUT2D eigenvalue weighted by molar-refractivity contribution is -0.543. The largest absolute Gasteiger partial charge is 0.497 e. The molecule has 30 heavy (non-hydrogen) atoms. The second-order valence-corrected chi connectivity index (χ2v) is 7.68. The van der Waals surface area contributed by atoms with E-state index >= 15 is 0 Å². The Morgan fingerprint density at radius 3 is 2.33 bits per heavy atom. The van der Waals surface area contributed by atoms with E-state index in [1.807, 2.05) is 59.5 Å². The molecule has 0 saturated heterocycles. The third kappa shape index (κ3) is 3.16. The molecule has 2 heterocycles. The lowest BCUT2D eigenvalue weighted by Gasteiger charge is -2.29. The van der Waals surface area contributed by atoms with Gasteiger partial charge in [-0.05, 0) is 35.4 Å². The van der Waals surface area contributed by atoms with Gasteiger partial charge in [-0.15, -0.1) is 0 Å². The first-order chi connectivity index (χ1) is 14.7. The van der Waals surface area contributed by atoms with Crippen molar-refractivity contribution in [3.63, 3.8) is 0 Å². The Morgan fingerprint density at radius 1 is 0.933 bits per heavy atom. The van der Waals surface area contributed by atoms with Crippen molar-refractivity contribution in [2.75, 3.05) is 38.3 Å². The summed E-state index contributed by atoms with van der Waals surface area (Å²) < 4.78 is 13.3. The molecule has 0 amide bonds. The molecule has 1 unspecified atom stereocenters. The maximum atomic E-state index is 12.0. The smallest absolute Gasteiger partial charge is 0.281 e. The fraction of sp³-hybridized carbons (Fsp3) is 0.240. The van der Waals surface area contributed by atoms with E-state index in [9.17, 15) is 5.11 Å². The van der Waals surface area contributed by atoms with Crippen molar-refractivity contribution in [2.24, 2.45) is 0 Å². The van der Waals surface area contributed by atoms with Crippen LogP contribution in [0.1, 0.15) is 5.56 Å². The van der Waals surface area contributed by atoms with Gasteiger partial charge in [-0.2, -0.15) is 4.90 Å². The Balaban J connectivity index is 1.55. The van der Waals surface area contributed by atoms with Gasteiger partial charge in [-0.25, -0.2) is 0 Å². The summed E-state index contributed by atoms with van der Waals surface area (Å²) >= 11 is 0. The lowest BCUT2D eigenvalue weighted by atomic mass is 9.97. The van der Waals surface area contributed by atoms with Gasteiger partial charge in [0.25, 0.3) is 11.6 Å². The van der Waals surface area contributed by atoms with Crippen molar-refractivity contribution in [1.29, 1.82) is 0 Å². The summed E-state index contributed by atoms with van der Waals surface area (Å²) in [7, 11) is 1.65. The highest BCUT2D eigenvalue weighted by atomic mass is 16.5. The zero-order chi connectivity index (χ0) is 20.6. The van der Waals surface area contributed by atoms with Crippen LogP contribution in [-0.2, 0) is 10.5 Å². The summed E-state index contributed by atoms with van der Waals surface area (Å²) in [6.07, 6.45) is 0. The van der Waals surface area contributed by atoms with E-state index in [0.717, 1.165) is 40.5 Å². The van der Waals surface area contributed by atoms with Crippen molar-refractivity contribution in [2.45, 2.75) is 5.72 Å². The number of amidine groups is 1. The maximum absolute atomic E-state index is 12.0. The van der Waals surface area contributed by atoms with E-state index in [2.05, 4.69) is 28.8 Å². The first kappa shape index (κ1) is 18.9. The summed E-state index contributed by atoms with van der Waals surface area (Å²) in [6.45, 7) is 2.42. The highest BCUT2D eigenvalue weighted by Gasteiger charge is 2.54. The van der Waals surface area contributed by atoms with Crippen LogP contribution in [0.15, 0.2) is 78.9 Å². The summed E-state index contributed by atoms with van der Waals surface area (Å²) in [5, 5.41) is 12.0. The minimum Gasteiger partial charge on any atom is -0.497 e. The number of hydrogen-bond acceptors (Lipinski definition) is 4. The molecule has 5 nitrogen and oxygen atoms in total. The Bertz CT molecular complexity index is 1060. The topological polar surface area (TPSA) is 44.9 Å². The number of anilines is 1. The fourth-order valence-electron chi connectivity index (χ4n) is 4.36. The average Bonchev–Trinajstić information content (AvgIpc) is 3.13. The van der Waals surface area contributed by atoms with Crippen molar-refractivity contribution in [3.05, 3.63) is 84.4 Å². The quantitative estimate of drug-likeness (QED) is 0.680. The monoisotopic (exact) mass is 401 g/mol. The highest BCUT2D eigenvalue weighted by molar-refractivity contribution is 5.98. The molecular formula is C25H25N2O3+. The number of nitrogens with zero attached hydrogens (tertiary/aromatic N) is 2. The van der Waals surface area contributed by atoms with Gasteiger partial charge in [-0.3, -0.25) is 4.58 Å². The Hall–Kier alpha value is -3.15. The van der Waals surface area contributed by atoms with Crippen molar-refractivity contribution < 1.29 is 19.2 Å². The molecule has 0 aromatic heterocycles. The SMILES string of the molecule is COc1ccc(N2C3=[N+](CCOC3)CC2(O)c2ccc(-c3ccccc3)cc2)cc1. The van der Waals surface area contributed by atoms with Crippen LogP contribution in [0.4, 0.5) is 5.69 Å². The van der Waals surface area contributed by atoms with Gasteiger partial charge < -0.3 is 14.6 Å². The molecule has 0 saturated carbocycles. The lowest BCUT2D eigenvalue weighted by Crippen LogP contribution is -2.48.